The van der Waals surface area contributed by atoms with Gasteiger partial charge < -0.3 is 27.2 Å². The van der Waals surface area contributed by atoms with E-state index >= 15 is 0 Å². The van der Waals surface area contributed by atoms with Gasteiger partial charge in [-0.1, -0.05) is 26.7 Å². The summed E-state index contributed by atoms with van der Waals surface area (Å²) in [7, 11) is 0. The van der Waals surface area contributed by atoms with Crippen molar-refractivity contribution in [3.05, 3.63) is 0 Å². The Labute approximate surface area is 131 Å². The predicted molar refractivity (Wildman–Crippen MR) is 82.9 cm³/mol. The summed E-state index contributed by atoms with van der Waals surface area (Å²) >= 11 is 0. The first-order valence-corrected chi connectivity index (χ1v) is 7.58. The first-order valence-electron chi connectivity index (χ1n) is 7.58. The zero-order valence-electron chi connectivity index (χ0n) is 13.3. The standard InChI is InChI=1S/C14H28N4O4/c1-3-9(2)12(14(21)22)18-11(19)8-17-13(20)10(16)6-4-5-7-15/h9-10,12H,3-8,15-16H2,1-2H3,(H,17,20)(H,18,19)(H,21,22)/t9-,10-,12-/m0/s1. The largest absolute Gasteiger partial charge is 0.480 e. The van der Waals surface area contributed by atoms with Crippen LogP contribution >= 0.6 is 0 Å². The fourth-order valence-electron chi connectivity index (χ4n) is 1.85. The number of nitrogens with one attached hydrogen (secondary N) is 2. The third-order valence-corrected chi connectivity index (χ3v) is 3.52. The number of carbonyl (C=O) groups is 3. The van der Waals surface area contributed by atoms with E-state index in [0.717, 1.165) is 12.8 Å². The maximum Gasteiger partial charge on any atom is 0.326 e. The van der Waals surface area contributed by atoms with Crippen molar-refractivity contribution in [3.8, 4) is 0 Å². The highest BCUT2D eigenvalue weighted by atomic mass is 16.4. The molecular formula is C14H28N4O4. The van der Waals surface area contributed by atoms with Crippen LogP contribution < -0.4 is 22.1 Å². The first-order chi connectivity index (χ1) is 10.3. The molecule has 0 heterocycles. The fraction of sp³-hybridized carbons (Fsp3) is 0.786. The van der Waals surface area contributed by atoms with Gasteiger partial charge in [0.1, 0.15) is 6.04 Å². The van der Waals surface area contributed by atoms with Gasteiger partial charge in [0.15, 0.2) is 0 Å². The molecule has 0 saturated carbocycles. The Bertz CT molecular complexity index is 376. The lowest BCUT2D eigenvalue weighted by Crippen LogP contribution is -2.50. The van der Waals surface area contributed by atoms with Crippen molar-refractivity contribution in [1.29, 1.82) is 0 Å². The Morgan fingerprint density at radius 3 is 2.36 bits per heavy atom. The number of nitrogens with two attached hydrogens (primary N) is 2. The highest BCUT2D eigenvalue weighted by molar-refractivity contribution is 5.89. The number of rotatable bonds is 11. The zero-order valence-corrected chi connectivity index (χ0v) is 13.3. The molecule has 0 aliphatic carbocycles. The van der Waals surface area contributed by atoms with E-state index in [4.69, 9.17) is 16.6 Å². The summed E-state index contributed by atoms with van der Waals surface area (Å²) in [5.74, 6) is -2.26. The van der Waals surface area contributed by atoms with Crippen molar-refractivity contribution in [3.63, 3.8) is 0 Å². The summed E-state index contributed by atoms with van der Waals surface area (Å²) in [6, 6.07) is -1.66. The van der Waals surface area contributed by atoms with Crippen molar-refractivity contribution < 1.29 is 19.5 Å². The van der Waals surface area contributed by atoms with Crippen LogP contribution in [-0.2, 0) is 14.4 Å². The third-order valence-electron chi connectivity index (χ3n) is 3.52. The van der Waals surface area contributed by atoms with E-state index in [1.54, 1.807) is 6.92 Å². The maximum absolute atomic E-state index is 11.7. The minimum Gasteiger partial charge on any atom is -0.480 e. The van der Waals surface area contributed by atoms with Crippen LogP contribution in [0.3, 0.4) is 0 Å². The molecule has 0 aromatic heterocycles. The Morgan fingerprint density at radius 1 is 1.23 bits per heavy atom. The molecule has 8 heteroatoms. The average Bonchev–Trinajstić information content (AvgIpc) is 2.49. The summed E-state index contributed by atoms with van der Waals surface area (Å²) < 4.78 is 0. The van der Waals surface area contributed by atoms with Crippen LogP contribution in [0, 0.1) is 5.92 Å². The normalized spacial score (nSPS) is 14.7. The first kappa shape index (κ1) is 20.3. The summed E-state index contributed by atoms with van der Waals surface area (Å²) in [6.07, 6.45) is 2.65. The molecule has 0 saturated heterocycles. The molecule has 0 spiro atoms. The lowest BCUT2D eigenvalue weighted by atomic mass is 9.99. The quantitative estimate of drug-likeness (QED) is 0.314. The third kappa shape index (κ3) is 7.94. The lowest BCUT2D eigenvalue weighted by Gasteiger charge is -2.20. The van der Waals surface area contributed by atoms with Gasteiger partial charge in [0.05, 0.1) is 12.6 Å². The van der Waals surface area contributed by atoms with E-state index in [9.17, 15) is 14.4 Å². The number of amides is 2. The molecule has 0 radical (unpaired) electrons. The summed E-state index contributed by atoms with van der Waals surface area (Å²) in [5, 5.41) is 13.9. The summed E-state index contributed by atoms with van der Waals surface area (Å²) in [5.41, 5.74) is 11.0. The molecule has 0 aliphatic rings. The molecule has 0 fully saturated rings. The van der Waals surface area contributed by atoms with Crippen molar-refractivity contribution in [2.45, 2.75) is 51.6 Å². The van der Waals surface area contributed by atoms with Gasteiger partial charge in [-0.25, -0.2) is 4.79 Å². The Hall–Kier alpha value is -1.67. The van der Waals surface area contributed by atoms with Crippen LogP contribution in [0.5, 0.6) is 0 Å². The highest BCUT2D eigenvalue weighted by Crippen LogP contribution is 2.07. The Balaban J connectivity index is 4.20. The molecule has 2 amide bonds. The highest BCUT2D eigenvalue weighted by Gasteiger charge is 2.25. The molecular weight excluding hydrogens is 288 g/mol. The molecule has 128 valence electrons. The number of carbonyl (C=O) groups excluding carboxylic acids is 2. The van der Waals surface area contributed by atoms with Crippen LogP contribution in [0.15, 0.2) is 0 Å². The molecule has 0 bridgehead atoms. The zero-order chi connectivity index (χ0) is 17.1. The molecule has 22 heavy (non-hydrogen) atoms. The molecule has 3 atom stereocenters. The van der Waals surface area contributed by atoms with Gasteiger partial charge in [-0.15, -0.1) is 0 Å². The van der Waals surface area contributed by atoms with Crippen LogP contribution in [-0.4, -0.2) is 48.1 Å². The van der Waals surface area contributed by atoms with Crippen molar-refractivity contribution >= 4 is 17.8 Å². The molecule has 0 aliphatic heterocycles. The second kappa shape index (κ2) is 11.0. The lowest BCUT2D eigenvalue weighted by molar-refractivity contribution is -0.143. The fourth-order valence-corrected chi connectivity index (χ4v) is 1.85. The molecule has 0 aromatic carbocycles. The minimum absolute atomic E-state index is 0.198. The van der Waals surface area contributed by atoms with Crippen LogP contribution in [0.25, 0.3) is 0 Å². The Morgan fingerprint density at radius 2 is 1.86 bits per heavy atom. The molecule has 7 N–H and O–H groups in total. The van der Waals surface area contributed by atoms with E-state index in [0.29, 0.717) is 19.4 Å². The summed E-state index contributed by atoms with van der Waals surface area (Å²) in [4.78, 5) is 34.5. The van der Waals surface area contributed by atoms with Gasteiger partial charge in [-0.2, -0.15) is 0 Å². The number of hydrogen-bond acceptors (Lipinski definition) is 5. The average molecular weight is 316 g/mol. The van der Waals surface area contributed by atoms with E-state index in [2.05, 4.69) is 10.6 Å². The van der Waals surface area contributed by atoms with Gasteiger partial charge in [0, 0.05) is 0 Å². The van der Waals surface area contributed by atoms with Crippen LogP contribution in [0.4, 0.5) is 0 Å². The van der Waals surface area contributed by atoms with Gasteiger partial charge >= 0.3 is 5.97 Å². The number of carboxylic acid groups (broad SMARTS) is 1. The van der Waals surface area contributed by atoms with E-state index < -0.39 is 29.9 Å². The molecule has 8 nitrogen and oxygen atoms in total. The predicted octanol–water partition coefficient (Wildman–Crippen LogP) is -0.826. The van der Waals surface area contributed by atoms with Crippen molar-refractivity contribution in [2.75, 3.05) is 13.1 Å². The van der Waals surface area contributed by atoms with Gasteiger partial charge in [-0.3, -0.25) is 9.59 Å². The van der Waals surface area contributed by atoms with Gasteiger partial charge in [0.2, 0.25) is 11.8 Å². The minimum atomic E-state index is -1.09. The van der Waals surface area contributed by atoms with Crippen molar-refractivity contribution in [1.82, 2.24) is 10.6 Å². The van der Waals surface area contributed by atoms with E-state index in [1.165, 1.54) is 0 Å². The van der Waals surface area contributed by atoms with Gasteiger partial charge in [-0.05, 0) is 25.3 Å². The second-order valence-corrected chi connectivity index (χ2v) is 5.38. The van der Waals surface area contributed by atoms with Crippen LogP contribution in [0.1, 0.15) is 39.5 Å². The Kier molecular flexibility index (Phi) is 10.1. The van der Waals surface area contributed by atoms with E-state index in [1.807, 2.05) is 6.92 Å². The summed E-state index contributed by atoms with van der Waals surface area (Å²) in [6.45, 7) is 3.84. The topological polar surface area (TPSA) is 148 Å². The number of carboxylic acids is 1. The number of aliphatic carboxylic acids is 1. The monoisotopic (exact) mass is 316 g/mol. The van der Waals surface area contributed by atoms with Gasteiger partial charge in [0.25, 0.3) is 0 Å². The van der Waals surface area contributed by atoms with Crippen LogP contribution in [0.2, 0.25) is 0 Å². The maximum atomic E-state index is 11.7. The second-order valence-electron chi connectivity index (χ2n) is 5.38. The van der Waals surface area contributed by atoms with E-state index in [-0.39, 0.29) is 12.5 Å². The number of unbranched alkanes of at least 4 members (excludes halogenated alkanes) is 1. The molecule has 0 aromatic rings. The number of hydrogen-bond donors (Lipinski definition) is 5. The SMILES string of the molecule is CC[C@H](C)[C@H](NC(=O)CNC(=O)[C@@H](N)CCCCN)C(=O)O. The molecule has 0 unspecified atom stereocenters. The van der Waals surface area contributed by atoms with Crippen molar-refractivity contribution in [2.24, 2.45) is 17.4 Å². The smallest absolute Gasteiger partial charge is 0.326 e. The molecule has 0 rings (SSSR count).